The summed E-state index contributed by atoms with van der Waals surface area (Å²) in [7, 11) is 0. The van der Waals surface area contributed by atoms with Crippen LogP contribution in [0.25, 0.3) is 0 Å². The van der Waals surface area contributed by atoms with Gasteiger partial charge in [-0.25, -0.2) is 0 Å². The maximum Gasteiger partial charge on any atom is 0.259 e. The summed E-state index contributed by atoms with van der Waals surface area (Å²) < 4.78 is 5.17. The molecule has 1 aliphatic heterocycles. The number of benzene rings is 1. The van der Waals surface area contributed by atoms with E-state index in [1.165, 1.54) is 12.1 Å². The van der Waals surface area contributed by atoms with Gasteiger partial charge in [-0.1, -0.05) is 23.2 Å². The first-order chi connectivity index (χ1) is 8.61. The molecule has 0 fully saturated rings. The summed E-state index contributed by atoms with van der Waals surface area (Å²) in [6.45, 7) is 0.396. The first kappa shape index (κ1) is 12.7. The van der Waals surface area contributed by atoms with E-state index in [1.54, 1.807) is 6.07 Å². The van der Waals surface area contributed by atoms with E-state index < -0.39 is 5.91 Å². The minimum Gasteiger partial charge on any atom is -0.478 e. The molecule has 1 N–H and O–H groups in total. The zero-order chi connectivity index (χ0) is 13.1. The first-order valence-corrected chi connectivity index (χ1v) is 5.90. The van der Waals surface area contributed by atoms with Gasteiger partial charge in [-0.05, 0) is 18.2 Å². The summed E-state index contributed by atoms with van der Waals surface area (Å²) in [4.78, 5) is 11.9. The monoisotopic (exact) mass is 282 g/mol. The molecule has 1 aromatic carbocycles. The van der Waals surface area contributed by atoms with Crippen LogP contribution in [0.4, 0.5) is 0 Å². The molecule has 0 bridgehead atoms. The minimum absolute atomic E-state index is 0.202. The lowest BCUT2D eigenvalue weighted by atomic mass is 10.2. The second-order valence-corrected chi connectivity index (χ2v) is 4.44. The van der Waals surface area contributed by atoms with Gasteiger partial charge >= 0.3 is 0 Å². The number of rotatable bonds is 2. The molecule has 1 aromatic rings. The molecule has 0 unspecified atom stereocenters. The van der Waals surface area contributed by atoms with Crippen molar-refractivity contribution in [2.75, 3.05) is 6.61 Å². The van der Waals surface area contributed by atoms with E-state index in [1.807, 2.05) is 6.07 Å². The molecular formula is C12H8Cl2N2O2. The molecule has 18 heavy (non-hydrogen) atoms. The minimum atomic E-state index is -0.429. The lowest BCUT2D eigenvalue weighted by Crippen LogP contribution is -2.24. The number of halogens is 2. The van der Waals surface area contributed by atoms with Crippen molar-refractivity contribution in [2.24, 2.45) is 0 Å². The van der Waals surface area contributed by atoms with E-state index in [0.717, 1.165) is 0 Å². The van der Waals surface area contributed by atoms with Gasteiger partial charge in [0.2, 0.25) is 5.88 Å². The van der Waals surface area contributed by atoms with E-state index in [9.17, 15) is 4.79 Å². The van der Waals surface area contributed by atoms with Crippen LogP contribution in [0, 0.1) is 11.3 Å². The van der Waals surface area contributed by atoms with Crippen LogP contribution in [-0.4, -0.2) is 12.5 Å². The summed E-state index contributed by atoms with van der Waals surface area (Å²) >= 11 is 11.7. The van der Waals surface area contributed by atoms with Gasteiger partial charge < -0.3 is 4.74 Å². The topological polar surface area (TPSA) is 62.1 Å². The zero-order valence-corrected chi connectivity index (χ0v) is 10.7. The largest absolute Gasteiger partial charge is 0.478 e. The Hall–Kier alpha value is -1.70. The van der Waals surface area contributed by atoms with E-state index in [4.69, 9.17) is 33.2 Å². The van der Waals surface area contributed by atoms with E-state index >= 15 is 0 Å². The number of ether oxygens (including phenoxy) is 1. The third-order valence-corrected chi connectivity index (χ3v) is 2.96. The smallest absolute Gasteiger partial charge is 0.259 e. The number of carbonyl (C=O) groups excluding carboxylic acids is 1. The Morgan fingerprint density at radius 3 is 2.89 bits per heavy atom. The van der Waals surface area contributed by atoms with Gasteiger partial charge in [0, 0.05) is 11.4 Å². The van der Waals surface area contributed by atoms with Crippen molar-refractivity contribution in [3.05, 3.63) is 45.3 Å². The van der Waals surface area contributed by atoms with Gasteiger partial charge in [-0.15, -0.1) is 0 Å². The number of nitrogens with zero attached hydrogens (tertiary/aromatic N) is 1. The first-order valence-electron chi connectivity index (χ1n) is 5.14. The molecule has 0 spiro atoms. The predicted octanol–water partition coefficient (Wildman–Crippen LogP) is 2.88. The van der Waals surface area contributed by atoms with Crippen LogP contribution in [0.15, 0.2) is 29.7 Å². The van der Waals surface area contributed by atoms with Crippen molar-refractivity contribution in [3.63, 3.8) is 0 Å². The quantitative estimate of drug-likeness (QED) is 0.907. The lowest BCUT2D eigenvalue weighted by molar-refractivity contribution is 0.0930. The van der Waals surface area contributed by atoms with Crippen LogP contribution in [0.3, 0.4) is 0 Å². The molecule has 1 heterocycles. The van der Waals surface area contributed by atoms with Gasteiger partial charge in [0.25, 0.3) is 5.91 Å². The Kier molecular flexibility index (Phi) is 3.75. The third-order valence-electron chi connectivity index (χ3n) is 2.41. The Morgan fingerprint density at radius 2 is 2.22 bits per heavy atom. The van der Waals surface area contributed by atoms with Crippen molar-refractivity contribution in [2.45, 2.75) is 6.42 Å². The van der Waals surface area contributed by atoms with Gasteiger partial charge in [-0.2, -0.15) is 5.26 Å². The van der Waals surface area contributed by atoms with E-state index in [2.05, 4.69) is 5.32 Å². The van der Waals surface area contributed by atoms with Crippen molar-refractivity contribution >= 4 is 29.1 Å². The van der Waals surface area contributed by atoms with Crippen LogP contribution in [0.1, 0.15) is 16.8 Å². The average molecular weight is 283 g/mol. The summed E-state index contributed by atoms with van der Waals surface area (Å²) in [5, 5.41) is 12.1. The summed E-state index contributed by atoms with van der Waals surface area (Å²) in [5.74, 6) is -0.227. The van der Waals surface area contributed by atoms with Crippen LogP contribution in [0.5, 0.6) is 0 Å². The number of hydrogen-bond acceptors (Lipinski definition) is 3. The highest BCUT2D eigenvalue weighted by molar-refractivity contribution is 6.36. The average Bonchev–Trinajstić information content (AvgIpc) is 2.76. The van der Waals surface area contributed by atoms with Gasteiger partial charge in [0.15, 0.2) is 0 Å². The number of nitriles is 1. The molecule has 1 amide bonds. The summed E-state index contributed by atoms with van der Waals surface area (Å²) in [6.07, 6.45) is 0.500. The molecule has 0 radical (unpaired) electrons. The predicted molar refractivity (Wildman–Crippen MR) is 67.1 cm³/mol. The lowest BCUT2D eigenvalue weighted by Gasteiger charge is -2.08. The maximum absolute atomic E-state index is 11.9. The standard InChI is InChI=1S/C12H8Cl2N2O2/c13-8-1-2-9(10(14)5-8)11(17)16-12-7(6-15)3-4-18-12/h1-2,5H,3-4H2,(H,16,17). The van der Waals surface area contributed by atoms with Crippen molar-refractivity contribution in [1.82, 2.24) is 5.32 Å². The van der Waals surface area contributed by atoms with Crippen LogP contribution in [-0.2, 0) is 4.74 Å². The summed E-state index contributed by atoms with van der Waals surface area (Å²) in [5.41, 5.74) is 0.704. The molecule has 0 aliphatic carbocycles. The number of hydrogen-bond donors (Lipinski definition) is 1. The van der Waals surface area contributed by atoms with Crippen molar-refractivity contribution < 1.29 is 9.53 Å². The van der Waals surface area contributed by atoms with Crippen molar-refractivity contribution in [1.29, 1.82) is 5.26 Å². The molecular weight excluding hydrogens is 275 g/mol. The molecule has 0 saturated heterocycles. The molecule has 6 heteroatoms. The molecule has 92 valence electrons. The second-order valence-electron chi connectivity index (χ2n) is 3.60. The maximum atomic E-state index is 11.9. The van der Waals surface area contributed by atoms with Gasteiger partial charge in [0.05, 0.1) is 22.8 Å². The highest BCUT2D eigenvalue weighted by Crippen LogP contribution is 2.22. The van der Waals surface area contributed by atoms with E-state index in [0.29, 0.717) is 23.6 Å². The molecule has 2 rings (SSSR count). The van der Waals surface area contributed by atoms with Gasteiger partial charge in [0.1, 0.15) is 6.07 Å². The zero-order valence-electron chi connectivity index (χ0n) is 9.17. The highest BCUT2D eigenvalue weighted by Gasteiger charge is 2.20. The molecule has 1 aliphatic rings. The Morgan fingerprint density at radius 1 is 1.44 bits per heavy atom. The SMILES string of the molecule is N#CC1=C(NC(=O)c2ccc(Cl)cc2Cl)OCC1. The third kappa shape index (κ3) is 2.58. The number of carbonyl (C=O) groups is 1. The normalized spacial score (nSPS) is 14.1. The number of nitrogens with one attached hydrogen (secondary N) is 1. The van der Waals surface area contributed by atoms with E-state index in [-0.39, 0.29) is 16.5 Å². The highest BCUT2D eigenvalue weighted by atomic mass is 35.5. The second kappa shape index (κ2) is 5.30. The fourth-order valence-corrected chi connectivity index (χ4v) is 2.01. The van der Waals surface area contributed by atoms with Gasteiger partial charge in [-0.3, -0.25) is 10.1 Å². The Labute approximate surface area is 114 Å². The van der Waals surface area contributed by atoms with Crippen molar-refractivity contribution in [3.8, 4) is 6.07 Å². The number of amides is 1. The van der Waals surface area contributed by atoms with Crippen LogP contribution >= 0.6 is 23.2 Å². The molecule has 0 atom stereocenters. The molecule has 4 nitrogen and oxygen atoms in total. The molecule has 0 saturated carbocycles. The Bertz CT molecular complexity index is 576. The fourth-order valence-electron chi connectivity index (χ4n) is 1.52. The fraction of sp³-hybridized carbons (Fsp3) is 0.167. The van der Waals surface area contributed by atoms with Crippen LogP contribution < -0.4 is 5.32 Å². The Balaban J connectivity index is 2.21. The molecule has 0 aromatic heterocycles. The van der Waals surface area contributed by atoms with Crippen LogP contribution in [0.2, 0.25) is 10.0 Å². The summed E-state index contributed by atoms with van der Waals surface area (Å²) in [6, 6.07) is 6.54.